The van der Waals surface area contributed by atoms with E-state index in [-0.39, 0.29) is 52.1 Å². The van der Waals surface area contributed by atoms with Gasteiger partial charge in [0, 0.05) is 32.5 Å². The highest BCUT2D eigenvalue weighted by Crippen LogP contribution is 2.23. The van der Waals surface area contributed by atoms with Crippen molar-refractivity contribution in [3.8, 4) is 0 Å². The van der Waals surface area contributed by atoms with Crippen LogP contribution in [0.4, 0.5) is 4.79 Å². The Balaban J connectivity index is 2.47. The molecule has 0 aromatic rings. The van der Waals surface area contributed by atoms with E-state index in [4.69, 9.17) is 18.8 Å². The molecule has 1 heterocycles. The lowest BCUT2D eigenvalue weighted by atomic mass is 9.94. The standard InChI is InChI=1S/C49H90N2O13S/c1-3-5-7-9-11-13-15-17-19-21-23-25-27-29-31-34-45(54)61-40-42(41-62-46(55)35-32-30-28-26-24-22-20-18-16-14-12-10-8-6-4-2)63-49(57)50-36-33-37-51-38-44(53)48(64-65(58,59)60)47(56)43(51)39-52/h17-20,42-44,47-48,52-53,56H,3-16,21-41H2,1-2H3,(H,50,57)(H,58,59,60)/b19-17-,20-18-/t43-,44+,47+,48-/m1/s1. The quantitative estimate of drug-likeness (QED) is 0.0127. The monoisotopic (exact) mass is 947 g/mol. The second-order valence-corrected chi connectivity index (χ2v) is 18.7. The highest BCUT2D eigenvalue weighted by molar-refractivity contribution is 7.80. The minimum atomic E-state index is -4.97. The first-order valence-electron chi connectivity index (χ1n) is 25.3. The van der Waals surface area contributed by atoms with Crippen LogP contribution >= 0.6 is 0 Å². The second kappa shape index (κ2) is 40.5. The van der Waals surface area contributed by atoms with Crippen LogP contribution < -0.4 is 5.32 Å². The van der Waals surface area contributed by atoms with Gasteiger partial charge in [-0.05, 0) is 70.6 Å². The molecule has 4 atom stereocenters. The van der Waals surface area contributed by atoms with Crippen LogP contribution in [0.3, 0.4) is 0 Å². The molecule has 0 aromatic carbocycles. The topological polar surface area (TPSA) is 218 Å². The number of esters is 2. The lowest BCUT2D eigenvalue weighted by Gasteiger charge is -2.44. The number of alkyl carbamates (subject to hydrolysis) is 1. The molecule has 1 rings (SSSR count). The van der Waals surface area contributed by atoms with Gasteiger partial charge in [-0.25, -0.2) is 8.98 Å². The van der Waals surface area contributed by atoms with Crippen molar-refractivity contribution in [2.45, 2.75) is 231 Å². The largest absolute Gasteiger partial charge is 0.462 e. The average molecular weight is 947 g/mol. The Labute approximate surface area is 392 Å². The molecule has 0 aromatic heterocycles. The van der Waals surface area contributed by atoms with Gasteiger partial charge in [-0.1, -0.05) is 141 Å². The Hall–Kier alpha value is -2.60. The number of allylic oxidation sites excluding steroid dienone is 4. The van der Waals surface area contributed by atoms with Gasteiger partial charge < -0.3 is 34.8 Å². The first kappa shape index (κ1) is 60.4. The number of amides is 1. The molecule has 1 saturated heterocycles. The maximum Gasteiger partial charge on any atom is 0.407 e. The highest BCUT2D eigenvalue weighted by Gasteiger charge is 2.44. The Morgan fingerprint density at radius 1 is 0.646 bits per heavy atom. The maximum absolute atomic E-state index is 12.8. The van der Waals surface area contributed by atoms with Crippen molar-refractivity contribution in [2.75, 3.05) is 39.5 Å². The summed E-state index contributed by atoms with van der Waals surface area (Å²) in [5.74, 6) is -0.852. The molecular weight excluding hydrogens is 857 g/mol. The molecule has 0 spiro atoms. The van der Waals surface area contributed by atoms with E-state index in [2.05, 4.69) is 47.7 Å². The van der Waals surface area contributed by atoms with Gasteiger partial charge >= 0.3 is 28.4 Å². The van der Waals surface area contributed by atoms with E-state index in [0.717, 1.165) is 77.0 Å². The summed E-state index contributed by atoms with van der Waals surface area (Å²) >= 11 is 0. The zero-order valence-electron chi connectivity index (χ0n) is 40.3. The maximum atomic E-state index is 12.8. The third kappa shape index (κ3) is 34.4. The van der Waals surface area contributed by atoms with Crippen molar-refractivity contribution in [3.05, 3.63) is 24.3 Å². The molecule has 65 heavy (non-hydrogen) atoms. The van der Waals surface area contributed by atoms with Crippen LogP contribution in [0, 0.1) is 0 Å². The zero-order chi connectivity index (χ0) is 47.8. The lowest BCUT2D eigenvalue weighted by molar-refractivity contribution is -0.152. The van der Waals surface area contributed by atoms with Crippen LogP contribution in [0.5, 0.6) is 0 Å². The van der Waals surface area contributed by atoms with Crippen LogP contribution in [0.15, 0.2) is 24.3 Å². The van der Waals surface area contributed by atoms with Crippen LogP contribution in [-0.2, 0) is 38.4 Å². The van der Waals surface area contributed by atoms with E-state index >= 15 is 0 Å². The minimum absolute atomic E-state index is 0.0713. The molecule has 1 amide bonds. The van der Waals surface area contributed by atoms with Gasteiger partial charge in [0.25, 0.3) is 0 Å². The SMILES string of the molecule is CCCCCCCC/C=C\CCCCCCCC(=O)OCC(COC(=O)CCCCCCC/C=C\CCCCCCCC)OC(=O)NCCCN1C[C@H](O)[C@@H](OS(=O)(=O)O)[C@@H](O)[C@H]1CO. The molecule has 16 heteroatoms. The summed E-state index contributed by atoms with van der Waals surface area (Å²) < 4.78 is 52.2. The van der Waals surface area contributed by atoms with Gasteiger partial charge in [-0.2, -0.15) is 8.42 Å². The number of aliphatic hydroxyl groups excluding tert-OH is 3. The number of aliphatic hydroxyl groups is 3. The fourth-order valence-corrected chi connectivity index (χ4v) is 8.39. The molecule has 0 aliphatic carbocycles. The molecule has 380 valence electrons. The van der Waals surface area contributed by atoms with Crippen molar-refractivity contribution in [3.63, 3.8) is 0 Å². The molecule has 0 saturated carbocycles. The predicted octanol–water partition coefficient (Wildman–Crippen LogP) is 9.22. The number of β-amino-alcohol motifs (C(OH)–C–C–N with tert-alkyl or cyclic N) is 1. The summed E-state index contributed by atoms with van der Waals surface area (Å²) in [4.78, 5) is 39.5. The molecule has 1 fully saturated rings. The third-order valence-electron chi connectivity index (χ3n) is 11.7. The van der Waals surface area contributed by atoms with Gasteiger partial charge in [0.15, 0.2) is 6.10 Å². The number of ether oxygens (including phenoxy) is 3. The smallest absolute Gasteiger partial charge is 0.407 e. The number of hydrogen-bond donors (Lipinski definition) is 5. The molecular formula is C49H90N2O13S. The van der Waals surface area contributed by atoms with Crippen molar-refractivity contribution < 1.29 is 61.1 Å². The van der Waals surface area contributed by atoms with Crippen molar-refractivity contribution >= 4 is 28.4 Å². The number of nitrogens with zero attached hydrogens (tertiary/aromatic N) is 1. The molecule has 1 aliphatic rings. The summed E-state index contributed by atoms with van der Waals surface area (Å²) in [5, 5.41) is 33.3. The first-order chi connectivity index (χ1) is 31.4. The van der Waals surface area contributed by atoms with E-state index in [1.54, 1.807) is 0 Å². The normalized spacial score (nSPS) is 18.2. The van der Waals surface area contributed by atoms with Crippen LogP contribution in [0.1, 0.15) is 200 Å². The summed E-state index contributed by atoms with van der Waals surface area (Å²) in [6.45, 7) is 3.37. The van der Waals surface area contributed by atoms with Crippen LogP contribution in [-0.4, -0.2) is 121 Å². The third-order valence-corrected chi connectivity index (χ3v) is 12.2. The highest BCUT2D eigenvalue weighted by atomic mass is 32.3. The summed E-state index contributed by atoms with van der Waals surface area (Å²) in [5.41, 5.74) is 0. The van der Waals surface area contributed by atoms with Gasteiger partial charge in [-0.15, -0.1) is 0 Å². The average Bonchev–Trinajstić information content (AvgIpc) is 3.27. The van der Waals surface area contributed by atoms with E-state index < -0.39 is 65.5 Å². The van der Waals surface area contributed by atoms with Gasteiger partial charge in [0.05, 0.1) is 18.8 Å². The Kier molecular flexibility index (Phi) is 37.6. The molecule has 0 radical (unpaired) electrons. The van der Waals surface area contributed by atoms with Crippen LogP contribution in [0.25, 0.3) is 0 Å². The number of unbranched alkanes of at least 4 members (excludes halogenated alkanes) is 22. The van der Waals surface area contributed by atoms with E-state index in [1.807, 2.05) is 0 Å². The number of carbonyl (C=O) groups is 3. The number of hydrogen-bond acceptors (Lipinski definition) is 13. The number of nitrogens with one attached hydrogen (secondary N) is 1. The van der Waals surface area contributed by atoms with Gasteiger partial charge in [-0.3, -0.25) is 19.0 Å². The van der Waals surface area contributed by atoms with E-state index in [0.29, 0.717) is 12.8 Å². The number of rotatable bonds is 42. The summed E-state index contributed by atoms with van der Waals surface area (Å²) in [6.07, 6.45) is 33.0. The molecule has 1 aliphatic heterocycles. The van der Waals surface area contributed by atoms with Crippen molar-refractivity contribution in [1.29, 1.82) is 0 Å². The number of likely N-dealkylation sites (tertiary alicyclic amines) is 1. The minimum Gasteiger partial charge on any atom is -0.462 e. The van der Waals surface area contributed by atoms with Crippen LogP contribution in [0.2, 0.25) is 0 Å². The van der Waals surface area contributed by atoms with Gasteiger partial charge in [0.2, 0.25) is 0 Å². The lowest BCUT2D eigenvalue weighted by Crippen LogP contribution is -2.63. The number of piperidine rings is 1. The zero-order valence-corrected chi connectivity index (χ0v) is 41.1. The van der Waals surface area contributed by atoms with Gasteiger partial charge in [0.1, 0.15) is 25.4 Å². The summed E-state index contributed by atoms with van der Waals surface area (Å²) in [6, 6.07) is -1.01. The first-order valence-corrected chi connectivity index (χ1v) is 26.7. The van der Waals surface area contributed by atoms with E-state index in [1.165, 1.54) is 81.9 Å². The molecule has 0 bridgehead atoms. The van der Waals surface area contributed by atoms with Crippen molar-refractivity contribution in [2.24, 2.45) is 0 Å². The number of carbonyl (C=O) groups excluding carboxylic acids is 3. The Morgan fingerprint density at radius 2 is 1.06 bits per heavy atom. The molecule has 5 N–H and O–H groups in total. The Bertz CT molecular complexity index is 1310. The fourth-order valence-electron chi connectivity index (χ4n) is 7.86. The predicted molar refractivity (Wildman–Crippen MR) is 255 cm³/mol. The summed E-state index contributed by atoms with van der Waals surface area (Å²) in [7, 11) is -4.97. The van der Waals surface area contributed by atoms with E-state index in [9.17, 15) is 38.1 Å². The fraction of sp³-hybridized carbons (Fsp3) is 0.857. The molecule has 0 unspecified atom stereocenters. The van der Waals surface area contributed by atoms with Crippen molar-refractivity contribution in [1.82, 2.24) is 10.2 Å². The molecule has 15 nitrogen and oxygen atoms in total. The second-order valence-electron chi connectivity index (χ2n) is 17.6. The Morgan fingerprint density at radius 3 is 1.48 bits per heavy atom.